The lowest BCUT2D eigenvalue weighted by Crippen LogP contribution is -2.30. The Morgan fingerprint density at radius 3 is 2.81 bits per heavy atom. The van der Waals surface area contributed by atoms with Gasteiger partial charge in [-0.1, -0.05) is 0 Å². The lowest BCUT2D eigenvalue weighted by atomic mass is 10.3. The molecule has 1 amide bonds. The third kappa shape index (κ3) is 3.85. The van der Waals surface area contributed by atoms with Crippen LogP contribution in [0.1, 0.15) is 12.1 Å². The number of hydrogen-bond acceptors (Lipinski definition) is 5. The van der Waals surface area contributed by atoms with Crippen LogP contribution in [0.5, 0.6) is 0 Å². The molecule has 1 aromatic rings. The molecule has 0 aliphatic heterocycles. The second kappa shape index (κ2) is 5.45. The maximum atomic E-state index is 11.6. The minimum atomic E-state index is -0.919. The number of rotatable bonds is 5. The molecule has 0 radical (unpaired) electrons. The number of carboxylic acid groups (broad SMARTS) is 1. The molecule has 0 fully saturated rings. The standard InChI is InChI=1S/C9H13N3O3S/c1-12(3-2-8(14)15)7(13)4-6-5-16-9(10)11-6/h5H,2-4H2,1H3,(H2,10,11)(H,14,15). The van der Waals surface area contributed by atoms with Crippen LogP contribution in [-0.2, 0) is 16.0 Å². The second-order valence-corrected chi connectivity index (χ2v) is 4.20. The minimum absolute atomic E-state index is 0.0541. The van der Waals surface area contributed by atoms with Gasteiger partial charge < -0.3 is 15.7 Å². The Hall–Kier alpha value is -1.63. The fourth-order valence-corrected chi connectivity index (χ4v) is 1.64. The summed E-state index contributed by atoms with van der Waals surface area (Å²) in [5.74, 6) is -1.08. The first-order valence-corrected chi connectivity index (χ1v) is 5.52. The van der Waals surface area contributed by atoms with Crippen molar-refractivity contribution in [2.45, 2.75) is 12.8 Å². The minimum Gasteiger partial charge on any atom is -0.481 e. The van der Waals surface area contributed by atoms with Gasteiger partial charge in [0.2, 0.25) is 5.91 Å². The predicted octanol–water partition coefficient (Wildman–Crippen LogP) is 0.201. The van der Waals surface area contributed by atoms with Gasteiger partial charge >= 0.3 is 5.97 Å². The molecule has 1 aromatic heterocycles. The Morgan fingerprint density at radius 1 is 1.62 bits per heavy atom. The molecular weight excluding hydrogens is 230 g/mol. The fraction of sp³-hybridized carbons (Fsp3) is 0.444. The van der Waals surface area contributed by atoms with Crippen molar-refractivity contribution in [2.24, 2.45) is 0 Å². The maximum absolute atomic E-state index is 11.6. The zero-order chi connectivity index (χ0) is 12.1. The molecule has 0 aliphatic carbocycles. The number of amides is 1. The SMILES string of the molecule is CN(CCC(=O)O)C(=O)Cc1csc(N)n1. The number of hydrogen-bond donors (Lipinski definition) is 2. The number of carbonyl (C=O) groups is 2. The van der Waals surface area contributed by atoms with Crippen LogP contribution >= 0.6 is 11.3 Å². The van der Waals surface area contributed by atoms with E-state index in [2.05, 4.69) is 4.98 Å². The molecule has 1 rings (SSSR count). The molecule has 0 aromatic carbocycles. The van der Waals surface area contributed by atoms with Gasteiger partial charge in [-0.05, 0) is 0 Å². The lowest BCUT2D eigenvalue weighted by molar-refractivity contribution is -0.138. The molecule has 0 bridgehead atoms. The molecule has 0 spiro atoms. The Balaban J connectivity index is 2.42. The van der Waals surface area contributed by atoms with Gasteiger partial charge in [-0.15, -0.1) is 11.3 Å². The first kappa shape index (κ1) is 12.4. The molecule has 1 heterocycles. The van der Waals surface area contributed by atoms with Crippen molar-refractivity contribution in [2.75, 3.05) is 19.3 Å². The number of carbonyl (C=O) groups excluding carboxylic acids is 1. The van der Waals surface area contributed by atoms with Gasteiger partial charge in [-0.25, -0.2) is 4.98 Å². The maximum Gasteiger partial charge on any atom is 0.305 e. The van der Waals surface area contributed by atoms with Crippen LogP contribution in [0.4, 0.5) is 5.13 Å². The smallest absolute Gasteiger partial charge is 0.305 e. The molecular formula is C9H13N3O3S. The summed E-state index contributed by atoms with van der Waals surface area (Å²) in [6.07, 6.45) is 0.102. The van der Waals surface area contributed by atoms with Crippen LogP contribution < -0.4 is 5.73 Å². The number of likely N-dealkylation sites (N-methyl/N-ethyl adjacent to an activating group) is 1. The van der Waals surface area contributed by atoms with E-state index in [1.807, 2.05) is 0 Å². The third-order valence-electron chi connectivity index (χ3n) is 1.99. The van der Waals surface area contributed by atoms with Gasteiger partial charge in [0, 0.05) is 19.0 Å². The Kier molecular flexibility index (Phi) is 4.24. The summed E-state index contributed by atoms with van der Waals surface area (Å²) in [6, 6.07) is 0. The zero-order valence-electron chi connectivity index (χ0n) is 8.84. The van der Waals surface area contributed by atoms with Crippen molar-refractivity contribution in [3.63, 3.8) is 0 Å². The average Bonchev–Trinajstić information content (AvgIpc) is 2.60. The Bertz CT molecular complexity index is 391. The normalized spacial score (nSPS) is 10.1. The summed E-state index contributed by atoms with van der Waals surface area (Å²) >= 11 is 1.28. The number of anilines is 1. The van der Waals surface area contributed by atoms with Crippen molar-refractivity contribution in [3.8, 4) is 0 Å². The number of nitrogen functional groups attached to an aromatic ring is 1. The van der Waals surface area contributed by atoms with Crippen LogP contribution in [0.2, 0.25) is 0 Å². The number of carboxylic acids is 1. The Labute approximate surface area is 96.7 Å². The number of aromatic nitrogens is 1. The van der Waals surface area contributed by atoms with Crippen molar-refractivity contribution in [1.29, 1.82) is 0 Å². The summed E-state index contributed by atoms with van der Waals surface area (Å²) in [4.78, 5) is 27.3. The molecule has 16 heavy (non-hydrogen) atoms. The molecule has 0 saturated heterocycles. The van der Waals surface area contributed by atoms with Gasteiger partial charge in [0.15, 0.2) is 5.13 Å². The summed E-state index contributed by atoms with van der Waals surface area (Å²) in [5, 5.41) is 10.6. The molecule has 3 N–H and O–H groups in total. The average molecular weight is 243 g/mol. The van der Waals surface area contributed by atoms with Gasteiger partial charge in [0.25, 0.3) is 0 Å². The molecule has 6 nitrogen and oxygen atoms in total. The van der Waals surface area contributed by atoms with Crippen LogP contribution in [0.25, 0.3) is 0 Å². The first-order valence-electron chi connectivity index (χ1n) is 4.64. The van der Waals surface area contributed by atoms with E-state index in [9.17, 15) is 9.59 Å². The molecule has 88 valence electrons. The van der Waals surface area contributed by atoms with Crippen LogP contribution in [-0.4, -0.2) is 40.5 Å². The number of thiazole rings is 1. The van der Waals surface area contributed by atoms with Gasteiger partial charge in [-0.2, -0.15) is 0 Å². The van der Waals surface area contributed by atoms with Crippen LogP contribution in [0, 0.1) is 0 Å². The lowest BCUT2D eigenvalue weighted by Gasteiger charge is -2.14. The first-order chi connectivity index (χ1) is 7.49. The van der Waals surface area contributed by atoms with E-state index in [-0.39, 0.29) is 25.3 Å². The monoisotopic (exact) mass is 243 g/mol. The van der Waals surface area contributed by atoms with E-state index >= 15 is 0 Å². The van der Waals surface area contributed by atoms with E-state index in [0.717, 1.165) is 0 Å². The molecule has 7 heteroatoms. The second-order valence-electron chi connectivity index (χ2n) is 3.31. The summed E-state index contributed by atoms with van der Waals surface area (Å²) in [7, 11) is 1.57. The summed E-state index contributed by atoms with van der Waals surface area (Å²) in [5.41, 5.74) is 6.05. The molecule has 0 aliphatic rings. The highest BCUT2D eigenvalue weighted by atomic mass is 32.1. The molecule has 0 saturated carbocycles. The zero-order valence-corrected chi connectivity index (χ0v) is 9.66. The van der Waals surface area contributed by atoms with Crippen molar-refractivity contribution in [3.05, 3.63) is 11.1 Å². The van der Waals surface area contributed by atoms with Gasteiger partial charge in [0.05, 0.1) is 18.5 Å². The van der Waals surface area contributed by atoms with Crippen LogP contribution in [0.15, 0.2) is 5.38 Å². The van der Waals surface area contributed by atoms with Crippen molar-refractivity contribution < 1.29 is 14.7 Å². The highest BCUT2D eigenvalue weighted by Crippen LogP contribution is 2.12. The number of nitrogens with zero attached hydrogens (tertiary/aromatic N) is 2. The van der Waals surface area contributed by atoms with Gasteiger partial charge in [-0.3, -0.25) is 9.59 Å². The van der Waals surface area contributed by atoms with E-state index < -0.39 is 5.97 Å². The van der Waals surface area contributed by atoms with Crippen LogP contribution in [0.3, 0.4) is 0 Å². The third-order valence-corrected chi connectivity index (χ3v) is 2.71. The van der Waals surface area contributed by atoms with E-state index in [0.29, 0.717) is 10.8 Å². The van der Waals surface area contributed by atoms with Crippen molar-refractivity contribution in [1.82, 2.24) is 9.88 Å². The summed E-state index contributed by atoms with van der Waals surface area (Å²) < 4.78 is 0. The molecule has 0 atom stereocenters. The number of aliphatic carboxylic acids is 1. The van der Waals surface area contributed by atoms with E-state index in [1.54, 1.807) is 12.4 Å². The van der Waals surface area contributed by atoms with E-state index in [1.165, 1.54) is 16.2 Å². The fourth-order valence-electron chi connectivity index (χ4n) is 1.08. The summed E-state index contributed by atoms with van der Waals surface area (Å²) in [6.45, 7) is 0.202. The Morgan fingerprint density at radius 2 is 2.31 bits per heavy atom. The predicted molar refractivity (Wildman–Crippen MR) is 60.1 cm³/mol. The topological polar surface area (TPSA) is 96.5 Å². The highest BCUT2D eigenvalue weighted by Gasteiger charge is 2.12. The molecule has 0 unspecified atom stereocenters. The van der Waals surface area contributed by atoms with Crippen molar-refractivity contribution >= 4 is 28.3 Å². The largest absolute Gasteiger partial charge is 0.481 e. The van der Waals surface area contributed by atoms with E-state index in [4.69, 9.17) is 10.8 Å². The number of nitrogens with two attached hydrogens (primary N) is 1. The quantitative estimate of drug-likeness (QED) is 0.770. The highest BCUT2D eigenvalue weighted by molar-refractivity contribution is 7.13. The van der Waals surface area contributed by atoms with Gasteiger partial charge in [0.1, 0.15) is 0 Å².